The smallest absolute Gasteiger partial charge is 0.303 e. The van der Waals surface area contributed by atoms with E-state index < -0.39 is 12.4 Å². The van der Waals surface area contributed by atoms with Gasteiger partial charge < -0.3 is 14.2 Å². The predicted molar refractivity (Wildman–Crippen MR) is 56.0 cm³/mol. The summed E-state index contributed by atoms with van der Waals surface area (Å²) >= 11 is 0. The summed E-state index contributed by atoms with van der Waals surface area (Å²) in [6.07, 6.45) is -0.982. The number of carbonyl (C=O) groups is 1. The van der Waals surface area contributed by atoms with E-state index in [4.69, 9.17) is 14.2 Å². The minimum atomic E-state index is -0.544. The average Bonchev–Trinajstić information content (AvgIpc) is 2.14. The van der Waals surface area contributed by atoms with E-state index in [2.05, 4.69) is 11.8 Å². The largest absolute Gasteiger partial charge is 0.450 e. The van der Waals surface area contributed by atoms with E-state index in [0.717, 1.165) is 0 Å². The molecule has 0 saturated carbocycles. The van der Waals surface area contributed by atoms with Crippen LogP contribution in [0.15, 0.2) is 0 Å². The van der Waals surface area contributed by atoms with Crippen LogP contribution in [0.2, 0.25) is 0 Å². The van der Waals surface area contributed by atoms with Crippen LogP contribution in [0.1, 0.15) is 27.7 Å². The maximum absolute atomic E-state index is 10.6. The fourth-order valence-electron chi connectivity index (χ4n) is 0.898. The van der Waals surface area contributed by atoms with Crippen molar-refractivity contribution in [3.63, 3.8) is 0 Å². The van der Waals surface area contributed by atoms with Gasteiger partial charge in [-0.15, -0.1) is 0 Å². The van der Waals surface area contributed by atoms with Crippen molar-refractivity contribution >= 4 is 5.97 Å². The minimum absolute atomic E-state index is 0.346. The van der Waals surface area contributed by atoms with Crippen LogP contribution >= 0.6 is 0 Å². The summed E-state index contributed by atoms with van der Waals surface area (Å²) in [7, 11) is 0. The van der Waals surface area contributed by atoms with Crippen LogP contribution in [0.25, 0.3) is 0 Å². The van der Waals surface area contributed by atoms with E-state index in [-0.39, 0.29) is 5.97 Å². The Morgan fingerprint density at radius 3 is 2.13 bits per heavy atom. The van der Waals surface area contributed by atoms with E-state index >= 15 is 0 Å². The molecule has 0 fully saturated rings. The van der Waals surface area contributed by atoms with Gasteiger partial charge in [-0.1, -0.05) is 5.92 Å². The van der Waals surface area contributed by atoms with E-state index in [1.165, 1.54) is 6.92 Å². The highest BCUT2D eigenvalue weighted by Gasteiger charge is 2.04. The fourth-order valence-corrected chi connectivity index (χ4v) is 0.898. The van der Waals surface area contributed by atoms with Crippen LogP contribution in [0.5, 0.6) is 0 Å². The third-order valence-electron chi connectivity index (χ3n) is 1.38. The third kappa shape index (κ3) is 7.98. The Labute approximate surface area is 90.9 Å². The molecule has 1 atom stereocenters. The van der Waals surface area contributed by atoms with Gasteiger partial charge in [0.1, 0.15) is 0 Å². The molecule has 15 heavy (non-hydrogen) atoms. The third-order valence-corrected chi connectivity index (χ3v) is 1.38. The molecule has 0 aromatic carbocycles. The maximum Gasteiger partial charge on any atom is 0.303 e. The van der Waals surface area contributed by atoms with Crippen molar-refractivity contribution in [3.05, 3.63) is 0 Å². The van der Waals surface area contributed by atoms with Gasteiger partial charge in [0, 0.05) is 20.1 Å². The molecule has 0 aliphatic carbocycles. The number of rotatable bonds is 5. The molecule has 0 rings (SSSR count). The van der Waals surface area contributed by atoms with Crippen LogP contribution in [0.4, 0.5) is 0 Å². The van der Waals surface area contributed by atoms with Crippen molar-refractivity contribution in [2.75, 3.05) is 13.2 Å². The Morgan fingerprint density at radius 1 is 1.20 bits per heavy atom. The first kappa shape index (κ1) is 13.9. The quantitative estimate of drug-likeness (QED) is 0.393. The van der Waals surface area contributed by atoms with Crippen LogP contribution < -0.4 is 0 Å². The molecule has 0 spiro atoms. The molecular weight excluding hydrogens is 196 g/mol. The Bertz CT molecular complexity index is 233. The maximum atomic E-state index is 10.6. The van der Waals surface area contributed by atoms with Crippen molar-refractivity contribution in [1.82, 2.24) is 0 Å². The highest BCUT2D eigenvalue weighted by Crippen LogP contribution is 1.95. The van der Waals surface area contributed by atoms with Gasteiger partial charge >= 0.3 is 5.97 Å². The molecule has 0 N–H and O–H groups in total. The summed E-state index contributed by atoms with van der Waals surface area (Å²) in [5.74, 6) is 5.15. The Morgan fingerprint density at radius 2 is 1.73 bits per heavy atom. The summed E-state index contributed by atoms with van der Waals surface area (Å²) < 4.78 is 15.2. The number of hydrogen-bond acceptors (Lipinski definition) is 4. The second kappa shape index (κ2) is 8.27. The number of hydrogen-bond donors (Lipinski definition) is 0. The molecular formula is C11H18O4. The predicted octanol–water partition coefficient (Wildman–Crippen LogP) is 1.34. The van der Waals surface area contributed by atoms with Crippen molar-refractivity contribution in [2.24, 2.45) is 0 Å². The summed E-state index contributed by atoms with van der Waals surface area (Å²) in [5, 5.41) is 0. The molecule has 0 amide bonds. The van der Waals surface area contributed by atoms with Gasteiger partial charge in [0.05, 0.1) is 0 Å². The average molecular weight is 214 g/mol. The number of carbonyl (C=O) groups excluding carboxylic acids is 1. The summed E-state index contributed by atoms with van der Waals surface area (Å²) in [6.45, 7) is 7.83. The van der Waals surface area contributed by atoms with Gasteiger partial charge in [0.25, 0.3) is 0 Å². The summed E-state index contributed by atoms with van der Waals surface area (Å²) in [6, 6.07) is 0. The molecule has 0 aliphatic rings. The minimum Gasteiger partial charge on any atom is -0.450 e. The first-order chi connectivity index (χ1) is 7.10. The van der Waals surface area contributed by atoms with Gasteiger partial charge in [-0.25, -0.2) is 0 Å². The molecule has 0 aromatic heterocycles. The molecule has 0 heterocycles. The lowest BCUT2D eigenvalue weighted by atomic mass is 10.4. The molecule has 0 unspecified atom stereocenters. The molecule has 0 saturated heterocycles. The zero-order valence-electron chi connectivity index (χ0n) is 9.70. The SMILES string of the molecule is CCOC(C#C[C@@H](C)OC(C)=O)OCC. The standard InChI is InChI=1S/C11H18O4/c1-5-13-11(14-6-2)8-7-9(3)15-10(4)12/h9,11H,5-6H2,1-4H3/t9-/m1/s1. The molecule has 0 radical (unpaired) electrons. The molecule has 0 bridgehead atoms. The normalized spacial score (nSPS) is 11.8. The Kier molecular flexibility index (Phi) is 7.69. The number of esters is 1. The molecule has 86 valence electrons. The van der Waals surface area contributed by atoms with Crippen molar-refractivity contribution in [2.45, 2.75) is 40.1 Å². The van der Waals surface area contributed by atoms with Crippen molar-refractivity contribution in [3.8, 4) is 11.8 Å². The van der Waals surface area contributed by atoms with E-state index in [0.29, 0.717) is 13.2 Å². The van der Waals surface area contributed by atoms with Gasteiger partial charge in [0.15, 0.2) is 6.10 Å². The first-order valence-electron chi connectivity index (χ1n) is 5.01. The lowest BCUT2D eigenvalue weighted by Gasteiger charge is -2.10. The summed E-state index contributed by atoms with van der Waals surface area (Å²) in [5.41, 5.74) is 0. The lowest BCUT2D eigenvalue weighted by Crippen LogP contribution is -2.16. The van der Waals surface area contributed by atoms with Crippen LogP contribution in [-0.4, -0.2) is 31.6 Å². The van der Waals surface area contributed by atoms with Crippen molar-refractivity contribution < 1.29 is 19.0 Å². The van der Waals surface area contributed by atoms with Gasteiger partial charge in [-0.2, -0.15) is 0 Å². The van der Waals surface area contributed by atoms with Crippen LogP contribution in [0, 0.1) is 11.8 Å². The monoisotopic (exact) mass is 214 g/mol. The molecule has 0 aromatic rings. The zero-order chi connectivity index (χ0) is 11.7. The Hall–Kier alpha value is -1.05. The second-order valence-electron chi connectivity index (χ2n) is 2.78. The van der Waals surface area contributed by atoms with Gasteiger partial charge in [-0.3, -0.25) is 4.79 Å². The lowest BCUT2D eigenvalue weighted by molar-refractivity contribution is -0.143. The van der Waals surface area contributed by atoms with Gasteiger partial charge in [-0.05, 0) is 26.7 Å². The highest BCUT2D eigenvalue weighted by molar-refractivity contribution is 5.66. The zero-order valence-corrected chi connectivity index (χ0v) is 9.70. The highest BCUT2D eigenvalue weighted by atomic mass is 16.7. The van der Waals surface area contributed by atoms with E-state index in [1.54, 1.807) is 6.92 Å². The van der Waals surface area contributed by atoms with Crippen LogP contribution in [0.3, 0.4) is 0 Å². The van der Waals surface area contributed by atoms with E-state index in [1.807, 2.05) is 13.8 Å². The fraction of sp³-hybridized carbons (Fsp3) is 0.727. The van der Waals surface area contributed by atoms with E-state index in [9.17, 15) is 4.79 Å². The van der Waals surface area contributed by atoms with Crippen LogP contribution in [-0.2, 0) is 19.0 Å². The number of ether oxygens (including phenoxy) is 3. The molecule has 4 heteroatoms. The van der Waals surface area contributed by atoms with Crippen molar-refractivity contribution in [1.29, 1.82) is 0 Å². The van der Waals surface area contributed by atoms with Gasteiger partial charge in [0.2, 0.25) is 6.29 Å². The summed E-state index contributed by atoms with van der Waals surface area (Å²) in [4.78, 5) is 10.6. The topological polar surface area (TPSA) is 44.8 Å². The second-order valence-corrected chi connectivity index (χ2v) is 2.78. The first-order valence-corrected chi connectivity index (χ1v) is 5.01. The molecule has 4 nitrogen and oxygen atoms in total. The molecule has 0 aliphatic heterocycles. The Balaban J connectivity index is 4.11.